The summed E-state index contributed by atoms with van der Waals surface area (Å²) in [4.78, 5) is 19.7. The van der Waals surface area contributed by atoms with Gasteiger partial charge in [-0.25, -0.2) is 0 Å². The molecule has 0 unspecified atom stereocenters. The third-order valence-electron chi connectivity index (χ3n) is 0.537. The minimum atomic E-state index is -3.57. The van der Waals surface area contributed by atoms with Gasteiger partial charge in [-0.3, -0.25) is 9.59 Å². The molecular formula is C7H16O8S2. The minimum Gasteiger partial charge on any atom is -0.346 e. The molecule has 0 radical (unpaired) electrons. The molecule has 0 aromatic rings. The van der Waals surface area contributed by atoms with Crippen LogP contribution in [0, 0.1) is 0 Å². The first kappa shape index (κ1) is 21.2. The largest absolute Gasteiger partial charge is 0.346 e. The monoisotopic (exact) mass is 292 g/mol. The molecule has 0 aliphatic carbocycles. The number of rotatable bonds is 2. The Morgan fingerprint density at radius 2 is 0.941 bits per heavy atom. The van der Waals surface area contributed by atoms with Crippen molar-refractivity contribution < 1.29 is 34.8 Å². The second-order valence-corrected chi connectivity index (χ2v) is 5.71. The Bertz CT molecular complexity index is 400. The fourth-order valence-electron chi connectivity index (χ4n) is 0.426. The van der Waals surface area contributed by atoms with E-state index in [1.54, 1.807) is 0 Å². The summed E-state index contributed by atoms with van der Waals surface area (Å²) in [5, 5.41) is 0. The van der Waals surface area contributed by atoms with Crippen molar-refractivity contribution >= 4 is 32.2 Å². The molecule has 0 saturated carbocycles. The first-order valence-electron chi connectivity index (χ1n) is 3.63. The summed E-state index contributed by atoms with van der Waals surface area (Å²) >= 11 is 0. The third kappa shape index (κ3) is 31.3. The average Bonchev–Trinajstić information content (AvgIpc) is 1.72. The van der Waals surface area contributed by atoms with E-state index in [-0.39, 0.29) is 7.43 Å². The van der Waals surface area contributed by atoms with Gasteiger partial charge in [0.1, 0.15) is 0 Å². The molecule has 0 aromatic heterocycles. The highest BCUT2D eigenvalue weighted by molar-refractivity contribution is 7.86. The molecule has 8 nitrogen and oxygen atoms in total. The summed E-state index contributed by atoms with van der Waals surface area (Å²) < 4.78 is 47.5. The summed E-state index contributed by atoms with van der Waals surface area (Å²) in [6, 6.07) is 0. The first-order valence-corrected chi connectivity index (χ1v) is 7.27. The van der Waals surface area contributed by atoms with Crippen LogP contribution in [0.25, 0.3) is 0 Å². The van der Waals surface area contributed by atoms with Crippen molar-refractivity contribution in [3.8, 4) is 0 Å². The van der Waals surface area contributed by atoms with Crippen molar-refractivity contribution in [2.45, 2.75) is 21.3 Å². The van der Waals surface area contributed by atoms with Crippen molar-refractivity contribution in [3.63, 3.8) is 0 Å². The molecule has 0 aliphatic heterocycles. The van der Waals surface area contributed by atoms with Crippen LogP contribution in [0.3, 0.4) is 0 Å². The maximum Gasteiger partial charge on any atom is 0.319 e. The number of hydrogen-bond donors (Lipinski definition) is 0. The second-order valence-electron chi connectivity index (χ2n) is 2.56. The zero-order chi connectivity index (χ0) is 13.6. The number of hydrogen-bond acceptors (Lipinski definition) is 8. The highest BCUT2D eigenvalue weighted by atomic mass is 32.2. The van der Waals surface area contributed by atoms with E-state index < -0.39 is 32.2 Å². The van der Waals surface area contributed by atoms with Crippen molar-refractivity contribution in [2.24, 2.45) is 0 Å². The third-order valence-corrected chi connectivity index (χ3v) is 1.61. The first-order chi connectivity index (χ1) is 6.83. The standard InChI is InChI=1S/2C3H6O4S.CH4/c2*1-3(4)7-8(2,5)6;/h2*1-2H3;1H4. The molecular weight excluding hydrogens is 276 g/mol. The number of carbonyl (C=O) groups excluding carboxylic acids is 2. The van der Waals surface area contributed by atoms with Gasteiger partial charge in [-0.2, -0.15) is 16.8 Å². The van der Waals surface area contributed by atoms with Gasteiger partial charge in [0, 0.05) is 13.8 Å². The molecule has 0 fully saturated rings. The number of carbonyl (C=O) groups is 2. The zero-order valence-corrected chi connectivity index (χ0v) is 10.7. The van der Waals surface area contributed by atoms with Crippen molar-refractivity contribution in [1.29, 1.82) is 0 Å². The summed E-state index contributed by atoms with van der Waals surface area (Å²) in [7, 11) is -7.15. The molecule has 0 saturated heterocycles. The molecule has 0 N–H and O–H groups in total. The average molecular weight is 292 g/mol. The van der Waals surface area contributed by atoms with E-state index in [1.165, 1.54) is 0 Å². The van der Waals surface area contributed by atoms with Crippen LogP contribution in [0.5, 0.6) is 0 Å². The second kappa shape index (κ2) is 8.01. The predicted molar refractivity (Wildman–Crippen MR) is 60.0 cm³/mol. The van der Waals surface area contributed by atoms with Crippen molar-refractivity contribution in [2.75, 3.05) is 12.5 Å². The van der Waals surface area contributed by atoms with Gasteiger partial charge in [-0.1, -0.05) is 7.43 Å². The lowest BCUT2D eigenvalue weighted by molar-refractivity contribution is -0.132. The van der Waals surface area contributed by atoms with E-state index in [0.717, 1.165) is 26.4 Å². The van der Waals surface area contributed by atoms with Gasteiger partial charge in [-0.15, -0.1) is 0 Å². The van der Waals surface area contributed by atoms with E-state index in [2.05, 4.69) is 8.37 Å². The molecule has 0 atom stereocenters. The Hall–Kier alpha value is -1.16. The maximum atomic E-state index is 10.00. The van der Waals surface area contributed by atoms with Crippen LogP contribution in [0.4, 0.5) is 0 Å². The smallest absolute Gasteiger partial charge is 0.319 e. The summed E-state index contributed by atoms with van der Waals surface area (Å²) in [5.41, 5.74) is 0. The normalized spacial score (nSPS) is 10.1. The Balaban J connectivity index is -0.000000218. The van der Waals surface area contributed by atoms with Crippen LogP contribution in [0.1, 0.15) is 21.3 Å². The quantitative estimate of drug-likeness (QED) is 0.633. The van der Waals surface area contributed by atoms with Gasteiger partial charge in [0.25, 0.3) is 0 Å². The zero-order valence-electron chi connectivity index (χ0n) is 9.08. The van der Waals surface area contributed by atoms with Crippen LogP contribution >= 0.6 is 0 Å². The SMILES string of the molecule is C.CC(=O)OS(C)(=O)=O.CC(=O)OS(C)(=O)=O. The molecule has 0 bridgehead atoms. The van der Waals surface area contributed by atoms with Crippen LogP contribution in [0.2, 0.25) is 0 Å². The van der Waals surface area contributed by atoms with Crippen molar-refractivity contribution in [3.05, 3.63) is 0 Å². The Morgan fingerprint density at radius 3 is 0.941 bits per heavy atom. The lowest BCUT2D eigenvalue weighted by Crippen LogP contribution is -2.06. The van der Waals surface area contributed by atoms with E-state index >= 15 is 0 Å². The van der Waals surface area contributed by atoms with Crippen molar-refractivity contribution in [1.82, 2.24) is 0 Å². The minimum absolute atomic E-state index is 0. The van der Waals surface area contributed by atoms with E-state index in [4.69, 9.17) is 0 Å². The Morgan fingerprint density at radius 1 is 0.765 bits per heavy atom. The van der Waals surface area contributed by atoms with Gasteiger partial charge in [0.2, 0.25) is 0 Å². The van der Waals surface area contributed by atoms with Gasteiger partial charge >= 0.3 is 32.2 Å². The summed E-state index contributed by atoms with van der Waals surface area (Å²) in [5.74, 6) is -1.62. The summed E-state index contributed by atoms with van der Waals surface area (Å²) in [6.07, 6.45) is 1.63. The van der Waals surface area contributed by atoms with E-state index in [9.17, 15) is 26.4 Å². The highest BCUT2D eigenvalue weighted by Gasteiger charge is 2.03. The van der Waals surface area contributed by atoms with Gasteiger partial charge in [-0.05, 0) is 0 Å². The Labute approximate surface area is 101 Å². The fourth-order valence-corrected chi connectivity index (χ4v) is 1.28. The lowest BCUT2D eigenvalue weighted by atomic mass is 10.9. The topological polar surface area (TPSA) is 121 Å². The molecule has 0 aliphatic rings. The van der Waals surface area contributed by atoms with Gasteiger partial charge in [0.15, 0.2) is 0 Å². The molecule has 0 amide bonds. The van der Waals surface area contributed by atoms with Crippen LogP contribution in [0.15, 0.2) is 0 Å². The molecule has 17 heavy (non-hydrogen) atoms. The van der Waals surface area contributed by atoms with Gasteiger partial charge in [0.05, 0.1) is 12.5 Å². The molecule has 0 rings (SSSR count). The van der Waals surface area contributed by atoms with Crippen LogP contribution in [-0.2, 0) is 38.2 Å². The molecule has 0 heterocycles. The van der Waals surface area contributed by atoms with Crippen LogP contribution in [-0.4, -0.2) is 41.3 Å². The highest BCUT2D eigenvalue weighted by Crippen LogP contribution is 1.85. The van der Waals surface area contributed by atoms with Gasteiger partial charge < -0.3 is 8.37 Å². The predicted octanol–water partition coefficient (Wildman–Crippen LogP) is -0.346. The Kier molecular flexibility index (Phi) is 9.97. The summed E-state index contributed by atoms with van der Waals surface area (Å²) in [6.45, 7) is 2.06. The molecule has 104 valence electrons. The fraction of sp³-hybridized carbons (Fsp3) is 0.714. The molecule has 10 heteroatoms. The van der Waals surface area contributed by atoms with E-state index in [1.807, 2.05) is 0 Å². The van der Waals surface area contributed by atoms with Crippen LogP contribution < -0.4 is 0 Å². The molecule has 0 aromatic carbocycles. The lowest BCUT2D eigenvalue weighted by Gasteiger charge is -1.92. The van der Waals surface area contributed by atoms with E-state index in [0.29, 0.717) is 0 Å². The molecule has 0 spiro atoms. The maximum absolute atomic E-state index is 10.00.